The number of aliphatic carboxylic acids is 5. The molecule has 4 heterocycles. The van der Waals surface area contributed by atoms with Crippen LogP contribution in [-0.2, 0) is 119 Å². The number of carboxylic acid groups (broad SMARTS) is 5. The van der Waals surface area contributed by atoms with Crippen molar-refractivity contribution in [3.8, 4) is 0 Å². The third-order valence-corrected chi connectivity index (χ3v) is 19.9. The molecule has 12 amide bonds. The Morgan fingerprint density at radius 2 is 0.821 bits per heavy atom. The smallest absolute Gasteiger partial charge is 0.326 e. The van der Waals surface area contributed by atoms with Gasteiger partial charge in [0.15, 0.2) is 18.9 Å². The first kappa shape index (κ1) is 106. The summed E-state index contributed by atoms with van der Waals surface area (Å²) in [5, 5.41) is 171. The Balaban J connectivity index is 1.34. The predicted octanol–water partition coefficient (Wildman–Crippen LogP) is -13.1. The minimum Gasteiger partial charge on any atom is -0.480 e. The second kappa shape index (κ2) is 50.3. The van der Waals surface area contributed by atoms with Gasteiger partial charge in [0.25, 0.3) is 0 Å². The Kier molecular flexibility index (Phi) is 43.2. The highest BCUT2D eigenvalue weighted by molar-refractivity contribution is 5.95. The van der Waals surface area contributed by atoms with Crippen molar-refractivity contribution in [2.24, 2.45) is 5.73 Å². The Labute approximate surface area is 701 Å². The lowest BCUT2D eigenvalue weighted by Gasteiger charge is -2.47. The van der Waals surface area contributed by atoms with Crippen LogP contribution in [0.25, 0.3) is 0 Å². The van der Waals surface area contributed by atoms with Gasteiger partial charge in [0, 0.05) is 40.5 Å². The number of aliphatic hydroxyl groups is 9. The molecule has 698 valence electrons. The molecule has 0 aromatic heterocycles. The number of hydrogen-bond donors (Lipinski definition) is 27. The second-order valence-electron chi connectivity index (χ2n) is 29.7. The van der Waals surface area contributed by atoms with Gasteiger partial charge in [0.05, 0.1) is 39.1 Å². The van der Waals surface area contributed by atoms with Gasteiger partial charge in [-0.15, -0.1) is 0 Å². The van der Waals surface area contributed by atoms with Crippen molar-refractivity contribution < 1.29 is 191 Å². The van der Waals surface area contributed by atoms with E-state index >= 15 is 0 Å². The lowest BCUT2D eigenvalue weighted by atomic mass is 9.95. The largest absolute Gasteiger partial charge is 0.480 e. The standard InChI is InChI=1S/C71H115N13O39/c1-25(73-61(103)28(4)117-54(40(20-85)76-30(6)89)55(41(93)21-86)122-70-47(77-31(7)90)52(98)50(96)42(22-87)119-70)58(100)83-38(67(112)113)16-18-45(94)80-35(13-10-12-34(72)64(106)107)63(105)75-27(3)60(102)82-37(66(110)111)15-11-14-36(65(108)109)81-46(95)19-17-39(68(114)115)84-59(101)26(2)74-62(104)29(5)118-57-49(79-33(9)92)69-116-24-44(121-69)56(57)123-71-48(78-32(8)91)53(99)51(97)43(23-88)120-71/h25-29,34-44,47-57,69-71,85-88,93,96-99H,10-24,72H2,1-9H3,(H,73,103)(H,74,104)(H,75,105)(H,76,89)(H,77,90)(H,78,91)(H,79,92)(H,80,94)(H,81,95)(H,82,102)(H,83,100)(H,84,101)(H,106,107)(H,108,109)(H,110,111)(H,112,113)(H,114,115). The van der Waals surface area contributed by atoms with Crippen molar-refractivity contribution in [1.82, 2.24) is 63.8 Å². The Morgan fingerprint density at radius 1 is 0.415 bits per heavy atom. The number of carbonyl (C=O) groups is 17. The first-order chi connectivity index (χ1) is 57.6. The number of aliphatic hydroxyl groups excluding tert-OH is 9. The van der Waals surface area contributed by atoms with E-state index in [2.05, 4.69) is 63.8 Å². The van der Waals surface area contributed by atoms with E-state index in [-0.39, 0.29) is 32.3 Å². The van der Waals surface area contributed by atoms with E-state index in [0.29, 0.717) is 0 Å². The summed E-state index contributed by atoms with van der Waals surface area (Å²) in [6.07, 6.45) is -33.2. The van der Waals surface area contributed by atoms with E-state index < -0.39 is 349 Å². The van der Waals surface area contributed by atoms with Crippen molar-refractivity contribution in [3.05, 3.63) is 0 Å². The summed E-state index contributed by atoms with van der Waals surface area (Å²) in [5.74, 6) is -20.1. The van der Waals surface area contributed by atoms with E-state index in [0.717, 1.165) is 55.4 Å². The lowest BCUT2D eigenvalue weighted by molar-refractivity contribution is -0.313. The Hall–Kier alpha value is -9.73. The van der Waals surface area contributed by atoms with Gasteiger partial charge >= 0.3 is 29.8 Å². The highest BCUT2D eigenvalue weighted by Crippen LogP contribution is 2.36. The molecule has 123 heavy (non-hydrogen) atoms. The number of amides is 12. The number of hydrogen-bond acceptors (Lipinski definition) is 35. The van der Waals surface area contributed by atoms with Crippen LogP contribution >= 0.6 is 0 Å². The highest BCUT2D eigenvalue weighted by atomic mass is 16.8. The van der Waals surface area contributed by atoms with Gasteiger partial charge in [-0.3, -0.25) is 62.3 Å². The molecule has 0 spiro atoms. The minimum atomic E-state index is -2.06. The van der Waals surface area contributed by atoms with Crippen LogP contribution in [0.2, 0.25) is 0 Å². The molecule has 4 rings (SSSR count). The molecular weight excluding hydrogens is 1660 g/mol. The third-order valence-electron chi connectivity index (χ3n) is 19.9. The fourth-order valence-corrected chi connectivity index (χ4v) is 13.2. The predicted molar refractivity (Wildman–Crippen MR) is 404 cm³/mol. The molecule has 4 saturated heterocycles. The lowest BCUT2D eigenvalue weighted by Crippen LogP contribution is -2.68. The Bertz CT molecular complexity index is 3650. The summed E-state index contributed by atoms with van der Waals surface area (Å²) in [4.78, 5) is 219. The van der Waals surface area contributed by atoms with Crippen LogP contribution in [0.1, 0.15) is 127 Å². The molecule has 28 N–H and O–H groups in total. The minimum absolute atomic E-state index is 0.184. The summed E-state index contributed by atoms with van der Waals surface area (Å²) in [6, 6.07) is -21.3. The molecule has 0 aromatic rings. The molecular formula is C71H115N13O39. The first-order valence-electron chi connectivity index (χ1n) is 39.0. The monoisotopic (exact) mass is 1770 g/mol. The van der Waals surface area contributed by atoms with E-state index in [9.17, 15) is 153 Å². The topological polar surface area (TPSA) is 818 Å². The molecule has 52 heteroatoms. The Morgan fingerprint density at radius 3 is 1.25 bits per heavy atom. The SMILES string of the molecule is CC(=O)NC(CO)C(OC(C)C(=O)NC(C)C(=O)NC(CCC(=O)NC(CCCC(N)C(=O)O)C(=O)NC(C)C(=O)NC(CCCC(NC(=O)CCC(NC(=O)C(C)NC(=O)C(C)OC1C(NC(C)=O)C2OCC(O2)C1OC1OC(CO)C(O)C(O)C1NC(C)=O)C(=O)O)C(=O)O)C(=O)O)C(=O)O)C(OC1OC(CO)C(O)C(O)C1NC(C)=O)C(O)CO. The molecule has 0 aliphatic carbocycles. The molecule has 30 atom stereocenters. The van der Waals surface area contributed by atoms with Crippen LogP contribution in [0.3, 0.4) is 0 Å². The molecule has 0 saturated carbocycles. The summed E-state index contributed by atoms with van der Waals surface area (Å²) in [7, 11) is 0. The van der Waals surface area contributed by atoms with E-state index in [1.807, 2.05) is 0 Å². The van der Waals surface area contributed by atoms with Crippen LogP contribution < -0.4 is 69.5 Å². The van der Waals surface area contributed by atoms with Crippen molar-refractivity contribution in [2.75, 3.05) is 33.0 Å². The van der Waals surface area contributed by atoms with E-state index in [1.54, 1.807) is 0 Å². The maximum absolute atomic E-state index is 13.8. The van der Waals surface area contributed by atoms with Gasteiger partial charge < -0.3 is 179 Å². The van der Waals surface area contributed by atoms with Crippen LogP contribution in [0.15, 0.2) is 0 Å². The molecule has 0 radical (unpaired) electrons. The van der Waals surface area contributed by atoms with Gasteiger partial charge in [-0.25, -0.2) is 19.2 Å². The first-order valence-corrected chi connectivity index (χ1v) is 39.0. The van der Waals surface area contributed by atoms with Crippen molar-refractivity contribution >= 4 is 101 Å². The summed E-state index contributed by atoms with van der Waals surface area (Å²) in [6.45, 7) is 5.74. The van der Waals surface area contributed by atoms with E-state index in [1.165, 1.54) is 6.92 Å². The van der Waals surface area contributed by atoms with Crippen molar-refractivity contribution in [3.63, 3.8) is 0 Å². The number of rotatable bonds is 52. The molecule has 2 bridgehead atoms. The molecule has 30 unspecified atom stereocenters. The molecule has 4 fully saturated rings. The molecule has 52 nitrogen and oxygen atoms in total. The molecule has 4 aliphatic heterocycles. The van der Waals surface area contributed by atoms with Gasteiger partial charge in [0.2, 0.25) is 70.9 Å². The number of ether oxygens (including phenoxy) is 8. The van der Waals surface area contributed by atoms with E-state index in [4.69, 9.17) is 43.6 Å². The fraction of sp³-hybridized carbons (Fsp3) is 0.761. The third kappa shape index (κ3) is 32.4. The van der Waals surface area contributed by atoms with Crippen LogP contribution in [0.5, 0.6) is 0 Å². The van der Waals surface area contributed by atoms with Crippen LogP contribution in [0.4, 0.5) is 0 Å². The maximum Gasteiger partial charge on any atom is 0.326 e. The number of carboxylic acids is 5. The van der Waals surface area contributed by atoms with Gasteiger partial charge in [-0.2, -0.15) is 0 Å². The number of fused-ring (bicyclic) bond motifs is 2. The zero-order chi connectivity index (χ0) is 92.9. The van der Waals surface area contributed by atoms with Gasteiger partial charge in [-0.1, -0.05) is 0 Å². The molecule has 4 aliphatic rings. The quantitative estimate of drug-likeness (QED) is 0.0269. The number of nitrogens with one attached hydrogen (secondary N) is 12. The number of carbonyl (C=O) groups excluding carboxylic acids is 12. The van der Waals surface area contributed by atoms with Gasteiger partial charge in [-0.05, 0) is 86.0 Å². The second-order valence-corrected chi connectivity index (χ2v) is 29.7. The van der Waals surface area contributed by atoms with Crippen LogP contribution in [-0.4, -0.2) is 388 Å². The van der Waals surface area contributed by atoms with Gasteiger partial charge in [0.1, 0.15) is 158 Å². The highest BCUT2D eigenvalue weighted by Gasteiger charge is 2.57. The zero-order valence-electron chi connectivity index (χ0n) is 68.5. The van der Waals surface area contributed by atoms with Crippen molar-refractivity contribution in [1.29, 1.82) is 0 Å². The number of nitrogens with two attached hydrogens (primary N) is 1. The summed E-state index contributed by atoms with van der Waals surface area (Å²) < 4.78 is 47.1. The fourth-order valence-electron chi connectivity index (χ4n) is 13.2. The average molecular weight is 1770 g/mol. The zero-order valence-corrected chi connectivity index (χ0v) is 68.5. The van der Waals surface area contributed by atoms with Crippen LogP contribution in [0, 0.1) is 0 Å². The average Bonchev–Trinajstić information content (AvgIpc) is 1.69. The summed E-state index contributed by atoms with van der Waals surface area (Å²) in [5.41, 5.74) is 5.64. The molecule has 0 aromatic carbocycles. The maximum atomic E-state index is 13.8. The summed E-state index contributed by atoms with van der Waals surface area (Å²) >= 11 is 0. The van der Waals surface area contributed by atoms with Crippen molar-refractivity contribution in [2.45, 2.75) is 309 Å². The normalized spacial score (nSPS) is 26.6.